The molecule has 2 rings (SSSR count). The molecule has 1 saturated carbocycles. The van der Waals surface area contributed by atoms with Crippen LogP contribution in [0.3, 0.4) is 0 Å². The number of nitrogens with one attached hydrogen (secondary N) is 1. The van der Waals surface area contributed by atoms with Crippen molar-refractivity contribution in [3.05, 3.63) is 0 Å². The minimum atomic E-state index is 0.505. The molecule has 1 atom stereocenters. The van der Waals surface area contributed by atoms with Crippen molar-refractivity contribution in [1.29, 1.82) is 0 Å². The van der Waals surface area contributed by atoms with E-state index < -0.39 is 0 Å². The summed E-state index contributed by atoms with van der Waals surface area (Å²) in [7, 11) is 0. The van der Waals surface area contributed by atoms with Gasteiger partial charge in [-0.2, -0.15) is 0 Å². The zero-order chi connectivity index (χ0) is 18.1. The van der Waals surface area contributed by atoms with E-state index in [2.05, 4.69) is 42.8 Å². The zero-order valence-electron chi connectivity index (χ0n) is 17.3. The molecule has 0 radical (unpaired) electrons. The second-order valence-corrected chi connectivity index (χ2v) is 8.67. The fourth-order valence-electron chi connectivity index (χ4n) is 4.01. The molecule has 25 heavy (non-hydrogen) atoms. The van der Waals surface area contributed by atoms with E-state index in [9.17, 15) is 0 Å². The Morgan fingerprint density at radius 3 is 2.32 bits per heavy atom. The third-order valence-electron chi connectivity index (χ3n) is 5.93. The molecule has 0 spiro atoms. The highest BCUT2D eigenvalue weighted by molar-refractivity contribution is 4.86. The normalized spacial score (nSPS) is 26.8. The number of rotatable bonds is 12. The van der Waals surface area contributed by atoms with Crippen LogP contribution in [-0.2, 0) is 4.74 Å². The number of hydrogen-bond acceptors (Lipinski definition) is 4. The Bertz CT molecular complexity index is 336. The minimum Gasteiger partial charge on any atom is -0.377 e. The summed E-state index contributed by atoms with van der Waals surface area (Å²) in [5.41, 5.74) is 0. The average Bonchev–Trinajstić information content (AvgIpc) is 2.56. The van der Waals surface area contributed by atoms with Gasteiger partial charge in [0.1, 0.15) is 0 Å². The van der Waals surface area contributed by atoms with Gasteiger partial charge in [0, 0.05) is 45.3 Å². The summed E-state index contributed by atoms with van der Waals surface area (Å²) in [6.45, 7) is 18.6. The lowest BCUT2D eigenvalue weighted by Crippen LogP contribution is -2.49. The van der Waals surface area contributed by atoms with Crippen molar-refractivity contribution in [2.45, 2.75) is 71.9 Å². The highest BCUT2D eigenvalue weighted by Crippen LogP contribution is 2.23. The van der Waals surface area contributed by atoms with Crippen LogP contribution in [0.25, 0.3) is 0 Å². The highest BCUT2D eigenvalue weighted by atomic mass is 16.5. The van der Waals surface area contributed by atoms with Gasteiger partial charge >= 0.3 is 0 Å². The van der Waals surface area contributed by atoms with Gasteiger partial charge in [-0.05, 0) is 37.6 Å². The van der Waals surface area contributed by atoms with Gasteiger partial charge < -0.3 is 15.0 Å². The number of piperazine rings is 1. The van der Waals surface area contributed by atoms with E-state index in [4.69, 9.17) is 4.74 Å². The van der Waals surface area contributed by atoms with Gasteiger partial charge in [-0.1, -0.05) is 40.5 Å². The monoisotopic (exact) mass is 353 g/mol. The molecule has 1 unspecified atom stereocenters. The maximum absolute atomic E-state index is 6.06. The first-order valence-corrected chi connectivity index (χ1v) is 10.9. The van der Waals surface area contributed by atoms with E-state index in [0.717, 1.165) is 31.5 Å². The molecule has 148 valence electrons. The van der Waals surface area contributed by atoms with Crippen LogP contribution in [0.4, 0.5) is 0 Å². The van der Waals surface area contributed by atoms with E-state index in [1.54, 1.807) is 0 Å². The molecule has 0 amide bonds. The Morgan fingerprint density at radius 1 is 1.04 bits per heavy atom. The summed E-state index contributed by atoms with van der Waals surface area (Å²) in [5, 5.41) is 3.63. The van der Waals surface area contributed by atoms with Crippen molar-refractivity contribution in [1.82, 2.24) is 15.1 Å². The van der Waals surface area contributed by atoms with Crippen LogP contribution in [0.2, 0.25) is 0 Å². The van der Waals surface area contributed by atoms with E-state index in [0.29, 0.717) is 12.1 Å². The largest absolute Gasteiger partial charge is 0.377 e. The fraction of sp³-hybridized carbons (Fsp3) is 1.00. The number of ether oxygens (including phenoxy) is 1. The molecule has 0 aromatic carbocycles. The summed E-state index contributed by atoms with van der Waals surface area (Å²) >= 11 is 0. The predicted octanol–water partition coefficient (Wildman–Crippen LogP) is 3.22. The van der Waals surface area contributed by atoms with Crippen LogP contribution in [0, 0.1) is 11.8 Å². The first-order valence-electron chi connectivity index (χ1n) is 10.9. The van der Waals surface area contributed by atoms with Crippen molar-refractivity contribution >= 4 is 0 Å². The van der Waals surface area contributed by atoms with Crippen molar-refractivity contribution in [2.75, 3.05) is 52.4 Å². The summed E-state index contributed by atoms with van der Waals surface area (Å²) < 4.78 is 6.06. The van der Waals surface area contributed by atoms with Crippen LogP contribution in [0.5, 0.6) is 0 Å². The second-order valence-electron chi connectivity index (χ2n) is 8.67. The van der Waals surface area contributed by atoms with Crippen molar-refractivity contribution in [2.24, 2.45) is 11.8 Å². The zero-order valence-corrected chi connectivity index (χ0v) is 17.3. The first kappa shape index (κ1) is 21.1. The molecule has 0 bridgehead atoms. The smallest absolute Gasteiger partial charge is 0.0605 e. The molecule has 2 aliphatic rings. The highest BCUT2D eigenvalue weighted by Gasteiger charge is 2.29. The van der Waals surface area contributed by atoms with Crippen molar-refractivity contribution in [3.8, 4) is 0 Å². The Morgan fingerprint density at radius 2 is 1.72 bits per heavy atom. The van der Waals surface area contributed by atoms with Crippen LogP contribution in [0.1, 0.15) is 59.8 Å². The fourth-order valence-corrected chi connectivity index (χ4v) is 4.01. The first-order chi connectivity index (χ1) is 12.1. The van der Waals surface area contributed by atoms with Gasteiger partial charge in [-0.15, -0.1) is 0 Å². The summed E-state index contributed by atoms with van der Waals surface area (Å²) in [5.74, 6) is 1.64. The molecule has 0 aromatic rings. The molecular formula is C21H43N3O. The van der Waals surface area contributed by atoms with Crippen LogP contribution in [0.15, 0.2) is 0 Å². The lowest BCUT2D eigenvalue weighted by atomic mass is 9.89. The average molecular weight is 354 g/mol. The van der Waals surface area contributed by atoms with Crippen LogP contribution < -0.4 is 5.32 Å². The van der Waals surface area contributed by atoms with Gasteiger partial charge in [0.15, 0.2) is 0 Å². The summed E-state index contributed by atoms with van der Waals surface area (Å²) in [6, 6.07) is 0.700. The Kier molecular flexibility index (Phi) is 9.75. The number of nitrogens with zero attached hydrogens (tertiary/aromatic N) is 2. The van der Waals surface area contributed by atoms with Gasteiger partial charge in [0.25, 0.3) is 0 Å². The lowest BCUT2D eigenvalue weighted by Gasteiger charge is -2.38. The molecule has 1 heterocycles. The van der Waals surface area contributed by atoms with E-state index in [-0.39, 0.29) is 0 Å². The topological polar surface area (TPSA) is 27.7 Å². The molecule has 1 N–H and O–H groups in total. The Hall–Kier alpha value is -0.160. The molecular weight excluding hydrogens is 310 g/mol. The molecule has 2 fully saturated rings. The van der Waals surface area contributed by atoms with Gasteiger partial charge in [0.05, 0.1) is 12.7 Å². The Balaban J connectivity index is 1.48. The SMILES string of the molecule is CCCC(CC)CN1CCN(CCOC2CC(NCC(C)C)C2)CC1. The van der Waals surface area contributed by atoms with E-state index in [1.165, 1.54) is 64.8 Å². The van der Waals surface area contributed by atoms with Gasteiger partial charge in [0.2, 0.25) is 0 Å². The maximum Gasteiger partial charge on any atom is 0.0605 e. The lowest BCUT2D eigenvalue weighted by molar-refractivity contribution is -0.0285. The molecule has 1 aliphatic heterocycles. The standard InChI is InChI=1S/C21H43N3O/c1-5-7-19(6-2)17-24-10-8-23(9-11-24)12-13-25-21-14-20(15-21)22-16-18(3)4/h18-22H,5-17H2,1-4H3. The van der Waals surface area contributed by atoms with Crippen molar-refractivity contribution in [3.63, 3.8) is 0 Å². The predicted molar refractivity (Wildman–Crippen MR) is 107 cm³/mol. The minimum absolute atomic E-state index is 0.505. The van der Waals surface area contributed by atoms with Crippen LogP contribution >= 0.6 is 0 Å². The maximum atomic E-state index is 6.06. The van der Waals surface area contributed by atoms with Gasteiger partial charge in [-0.3, -0.25) is 4.90 Å². The second kappa shape index (κ2) is 11.5. The summed E-state index contributed by atoms with van der Waals surface area (Å²) in [4.78, 5) is 5.27. The Labute approximate surface area is 156 Å². The molecule has 4 nitrogen and oxygen atoms in total. The molecule has 4 heteroatoms. The molecule has 1 aliphatic carbocycles. The third-order valence-corrected chi connectivity index (χ3v) is 5.93. The molecule has 1 saturated heterocycles. The van der Waals surface area contributed by atoms with E-state index in [1.807, 2.05) is 0 Å². The number of hydrogen-bond donors (Lipinski definition) is 1. The van der Waals surface area contributed by atoms with Crippen molar-refractivity contribution < 1.29 is 4.74 Å². The third kappa shape index (κ3) is 7.94. The molecule has 0 aromatic heterocycles. The summed E-state index contributed by atoms with van der Waals surface area (Å²) in [6.07, 6.45) is 6.96. The van der Waals surface area contributed by atoms with E-state index >= 15 is 0 Å². The quantitative estimate of drug-likeness (QED) is 0.583. The van der Waals surface area contributed by atoms with Gasteiger partial charge in [-0.25, -0.2) is 0 Å². The van der Waals surface area contributed by atoms with Crippen LogP contribution in [-0.4, -0.2) is 74.4 Å².